The Morgan fingerprint density at radius 1 is 1.70 bits per heavy atom. The predicted molar refractivity (Wildman–Crippen MR) is 43.0 cm³/mol. The summed E-state index contributed by atoms with van der Waals surface area (Å²) < 4.78 is 1.84. The van der Waals surface area contributed by atoms with E-state index >= 15 is 0 Å². The topological polar surface area (TPSA) is 30.7 Å². The first kappa shape index (κ1) is 7.72. The molecule has 1 unspecified atom stereocenters. The number of halogens is 1. The van der Waals surface area contributed by atoms with E-state index in [1.54, 1.807) is 12.7 Å². The van der Waals surface area contributed by atoms with Crippen molar-refractivity contribution in [3.05, 3.63) is 12.7 Å². The van der Waals surface area contributed by atoms with Crippen LogP contribution in [0.1, 0.15) is 6.92 Å². The van der Waals surface area contributed by atoms with Crippen molar-refractivity contribution in [2.75, 3.05) is 5.33 Å². The zero-order valence-electron chi connectivity index (χ0n) is 5.87. The molecule has 56 valence electrons. The van der Waals surface area contributed by atoms with Crippen LogP contribution < -0.4 is 0 Å². The predicted octanol–water partition coefficient (Wildman–Crippen LogP) is 1.31. The Labute approximate surface area is 68.6 Å². The zero-order chi connectivity index (χ0) is 7.40. The Hall–Kier alpha value is -0.380. The van der Waals surface area contributed by atoms with Gasteiger partial charge in [0, 0.05) is 11.9 Å². The first-order chi connectivity index (χ1) is 4.83. The molecule has 0 aromatic carbocycles. The monoisotopic (exact) mass is 203 g/mol. The highest BCUT2D eigenvalue weighted by molar-refractivity contribution is 9.09. The van der Waals surface area contributed by atoms with Crippen molar-refractivity contribution >= 4 is 15.9 Å². The smallest absolute Gasteiger partial charge is 0.137 e. The number of hydrogen-bond acceptors (Lipinski definition) is 2. The molecule has 0 N–H and O–H groups in total. The molecule has 1 aromatic rings. The van der Waals surface area contributed by atoms with Gasteiger partial charge in [-0.2, -0.15) is 5.10 Å². The summed E-state index contributed by atoms with van der Waals surface area (Å²) in [6.07, 6.45) is 3.29. The minimum atomic E-state index is 0.613. The summed E-state index contributed by atoms with van der Waals surface area (Å²) in [5.74, 6) is 0.613. The van der Waals surface area contributed by atoms with Gasteiger partial charge >= 0.3 is 0 Å². The molecule has 3 nitrogen and oxygen atoms in total. The lowest BCUT2D eigenvalue weighted by atomic mass is 10.2. The lowest BCUT2D eigenvalue weighted by Gasteiger charge is -2.05. The van der Waals surface area contributed by atoms with Crippen molar-refractivity contribution in [2.24, 2.45) is 5.92 Å². The fourth-order valence-electron chi connectivity index (χ4n) is 0.695. The quantitative estimate of drug-likeness (QED) is 0.695. The summed E-state index contributed by atoms with van der Waals surface area (Å²) >= 11 is 3.40. The van der Waals surface area contributed by atoms with Crippen molar-refractivity contribution < 1.29 is 0 Å². The maximum atomic E-state index is 3.99. The molecule has 0 aliphatic heterocycles. The molecule has 0 radical (unpaired) electrons. The second kappa shape index (κ2) is 3.71. The van der Waals surface area contributed by atoms with Gasteiger partial charge in [-0.25, -0.2) is 4.98 Å². The lowest BCUT2D eigenvalue weighted by molar-refractivity contribution is 0.490. The highest BCUT2D eigenvalue weighted by atomic mass is 79.9. The van der Waals surface area contributed by atoms with Crippen LogP contribution in [0.25, 0.3) is 0 Å². The molecule has 4 heteroatoms. The maximum Gasteiger partial charge on any atom is 0.137 e. The van der Waals surface area contributed by atoms with Crippen molar-refractivity contribution in [1.82, 2.24) is 14.8 Å². The molecular weight excluding hydrogens is 194 g/mol. The van der Waals surface area contributed by atoms with Crippen LogP contribution >= 0.6 is 15.9 Å². The van der Waals surface area contributed by atoms with Crippen molar-refractivity contribution in [1.29, 1.82) is 0 Å². The first-order valence-corrected chi connectivity index (χ1v) is 4.33. The number of nitrogens with zero attached hydrogens (tertiary/aromatic N) is 3. The molecular formula is C6H10BrN3. The standard InChI is InChI=1S/C6H10BrN3/c1-6(2-7)3-10-5-8-4-9-10/h4-6H,2-3H2,1H3. The average Bonchev–Trinajstić information content (AvgIpc) is 2.40. The van der Waals surface area contributed by atoms with Gasteiger partial charge in [-0.15, -0.1) is 0 Å². The molecule has 0 aliphatic rings. The Morgan fingerprint density at radius 2 is 2.50 bits per heavy atom. The number of aromatic nitrogens is 3. The summed E-state index contributed by atoms with van der Waals surface area (Å²) in [5.41, 5.74) is 0. The van der Waals surface area contributed by atoms with Gasteiger partial charge in [0.1, 0.15) is 12.7 Å². The fourth-order valence-corrected chi connectivity index (χ4v) is 0.900. The van der Waals surface area contributed by atoms with Crippen LogP contribution in [0, 0.1) is 5.92 Å². The van der Waals surface area contributed by atoms with Gasteiger partial charge in [-0.1, -0.05) is 22.9 Å². The second-order valence-electron chi connectivity index (χ2n) is 2.38. The van der Waals surface area contributed by atoms with Crippen molar-refractivity contribution in [3.8, 4) is 0 Å². The number of alkyl halides is 1. The zero-order valence-corrected chi connectivity index (χ0v) is 7.45. The summed E-state index contributed by atoms with van der Waals surface area (Å²) in [6.45, 7) is 3.10. The number of hydrogen-bond donors (Lipinski definition) is 0. The largest absolute Gasteiger partial charge is 0.253 e. The van der Waals surface area contributed by atoms with Gasteiger partial charge in [-0.05, 0) is 5.92 Å². The average molecular weight is 204 g/mol. The highest BCUT2D eigenvalue weighted by Gasteiger charge is 1.99. The van der Waals surface area contributed by atoms with Crippen LogP contribution in [0.4, 0.5) is 0 Å². The van der Waals surface area contributed by atoms with Gasteiger partial charge in [-0.3, -0.25) is 4.68 Å². The minimum absolute atomic E-state index is 0.613. The molecule has 0 aliphatic carbocycles. The maximum absolute atomic E-state index is 3.99. The van der Waals surface area contributed by atoms with Crippen LogP contribution in [-0.4, -0.2) is 20.1 Å². The molecule has 0 spiro atoms. The van der Waals surface area contributed by atoms with E-state index in [4.69, 9.17) is 0 Å². The van der Waals surface area contributed by atoms with Crippen LogP contribution in [0.5, 0.6) is 0 Å². The van der Waals surface area contributed by atoms with Gasteiger partial charge in [0.2, 0.25) is 0 Å². The Kier molecular flexibility index (Phi) is 2.86. The van der Waals surface area contributed by atoms with Gasteiger partial charge in [0.25, 0.3) is 0 Å². The molecule has 0 saturated carbocycles. The fraction of sp³-hybridized carbons (Fsp3) is 0.667. The van der Waals surface area contributed by atoms with Crippen LogP contribution in [0.3, 0.4) is 0 Å². The summed E-state index contributed by atoms with van der Waals surface area (Å²) in [5, 5.41) is 5.00. The third kappa shape index (κ3) is 2.10. The Morgan fingerprint density at radius 3 is 3.00 bits per heavy atom. The van der Waals surface area contributed by atoms with E-state index in [1.807, 2.05) is 4.68 Å². The van der Waals surface area contributed by atoms with E-state index < -0.39 is 0 Å². The van der Waals surface area contributed by atoms with E-state index in [0.29, 0.717) is 5.92 Å². The molecule has 0 saturated heterocycles. The van der Waals surface area contributed by atoms with E-state index in [1.165, 1.54) is 0 Å². The van der Waals surface area contributed by atoms with E-state index in [0.717, 1.165) is 11.9 Å². The van der Waals surface area contributed by atoms with Crippen molar-refractivity contribution in [3.63, 3.8) is 0 Å². The molecule has 0 bridgehead atoms. The Balaban J connectivity index is 2.40. The summed E-state index contributed by atoms with van der Waals surface area (Å²) in [7, 11) is 0. The first-order valence-electron chi connectivity index (χ1n) is 3.21. The molecule has 1 heterocycles. The highest BCUT2D eigenvalue weighted by Crippen LogP contribution is 2.01. The van der Waals surface area contributed by atoms with E-state index in [-0.39, 0.29) is 0 Å². The summed E-state index contributed by atoms with van der Waals surface area (Å²) in [4.78, 5) is 3.85. The minimum Gasteiger partial charge on any atom is -0.253 e. The Bertz CT molecular complexity index is 173. The van der Waals surface area contributed by atoms with E-state index in [2.05, 4.69) is 32.9 Å². The van der Waals surface area contributed by atoms with Gasteiger partial charge < -0.3 is 0 Å². The molecule has 0 amide bonds. The second-order valence-corrected chi connectivity index (χ2v) is 3.02. The van der Waals surface area contributed by atoms with Crippen molar-refractivity contribution in [2.45, 2.75) is 13.5 Å². The SMILES string of the molecule is CC(CBr)Cn1cncn1. The van der Waals surface area contributed by atoms with E-state index in [9.17, 15) is 0 Å². The van der Waals surface area contributed by atoms with Gasteiger partial charge in [0.15, 0.2) is 0 Å². The van der Waals surface area contributed by atoms with Crippen LogP contribution in [0.15, 0.2) is 12.7 Å². The molecule has 1 atom stereocenters. The molecule has 10 heavy (non-hydrogen) atoms. The third-order valence-corrected chi connectivity index (χ3v) is 2.33. The number of rotatable bonds is 3. The third-order valence-electron chi connectivity index (χ3n) is 1.23. The van der Waals surface area contributed by atoms with Crippen LogP contribution in [0.2, 0.25) is 0 Å². The molecule has 1 aromatic heterocycles. The van der Waals surface area contributed by atoms with Gasteiger partial charge in [0.05, 0.1) is 0 Å². The van der Waals surface area contributed by atoms with Crippen LogP contribution in [-0.2, 0) is 6.54 Å². The normalized spacial score (nSPS) is 13.4. The lowest BCUT2D eigenvalue weighted by Crippen LogP contribution is -2.08. The molecule has 1 rings (SSSR count). The summed E-state index contributed by atoms with van der Waals surface area (Å²) in [6, 6.07) is 0. The molecule has 0 fully saturated rings.